The van der Waals surface area contributed by atoms with Gasteiger partial charge in [0.15, 0.2) is 0 Å². The molecule has 0 aromatic carbocycles. The van der Waals surface area contributed by atoms with Crippen molar-refractivity contribution in [1.29, 1.82) is 0 Å². The molecular weight excluding hydrogens is 216 g/mol. The van der Waals surface area contributed by atoms with Crippen LogP contribution in [0.25, 0.3) is 0 Å². The SMILES string of the molecule is Cc1cccnc1[C@H](C)NC(=O)C1(C)COC1. The Hall–Kier alpha value is -1.42. The minimum Gasteiger partial charge on any atom is -0.379 e. The van der Waals surface area contributed by atoms with Crippen LogP contribution in [-0.2, 0) is 9.53 Å². The van der Waals surface area contributed by atoms with Gasteiger partial charge < -0.3 is 10.1 Å². The van der Waals surface area contributed by atoms with E-state index in [0.29, 0.717) is 13.2 Å². The summed E-state index contributed by atoms with van der Waals surface area (Å²) < 4.78 is 5.09. The highest BCUT2D eigenvalue weighted by Crippen LogP contribution is 2.27. The van der Waals surface area contributed by atoms with Crippen LogP contribution in [0.15, 0.2) is 18.3 Å². The Labute approximate surface area is 101 Å². The normalized spacial score (nSPS) is 19.2. The van der Waals surface area contributed by atoms with E-state index in [0.717, 1.165) is 11.3 Å². The summed E-state index contributed by atoms with van der Waals surface area (Å²) in [6, 6.07) is 3.83. The zero-order valence-corrected chi connectivity index (χ0v) is 10.5. The number of ether oxygens (including phenoxy) is 1. The van der Waals surface area contributed by atoms with Crippen LogP contribution in [0.5, 0.6) is 0 Å². The van der Waals surface area contributed by atoms with Crippen molar-refractivity contribution in [3.05, 3.63) is 29.6 Å². The number of amides is 1. The van der Waals surface area contributed by atoms with Crippen molar-refractivity contribution < 1.29 is 9.53 Å². The average Bonchev–Trinajstić information content (AvgIpc) is 2.26. The molecule has 0 aliphatic carbocycles. The van der Waals surface area contributed by atoms with E-state index in [4.69, 9.17) is 4.74 Å². The predicted molar refractivity (Wildman–Crippen MR) is 64.5 cm³/mol. The zero-order valence-electron chi connectivity index (χ0n) is 10.5. The first-order chi connectivity index (χ1) is 8.03. The third-order valence-corrected chi connectivity index (χ3v) is 3.20. The lowest BCUT2D eigenvalue weighted by molar-refractivity contribution is -0.158. The Morgan fingerprint density at radius 2 is 2.29 bits per heavy atom. The summed E-state index contributed by atoms with van der Waals surface area (Å²) in [5.41, 5.74) is 1.65. The van der Waals surface area contributed by atoms with Crippen molar-refractivity contribution in [1.82, 2.24) is 10.3 Å². The molecule has 0 bridgehead atoms. The molecule has 2 rings (SSSR count). The Morgan fingerprint density at radius 1 is 1.59 bits per heavy atom. The minimum atomic E-state index is -0.364. The fourth-order valence-corrected chi connectivity index (χ4v) is 1.93. The average molecular weight is 234 g/mol. The second kappa shape index (κ2) is 4.45. The summed E-state index contributed by atoms with van der Waals surface area (Å²) in [5, 5.41) is 3.00. The lowest BCUT2D eigenvalue weighted by Crippen LogP contribution is -2.52. The summed E-state index contributed by atoms with van der Waals surface area (Å²) >= 11 is 0. The maximum atomic E-state index is 12.0. The van der Waals surface area contributed by atoms with E-state index >= 15 is 0 Å². The molecule has 0 saturated carbocycles. The standard InChI is InChI=1S/C13H18N2O2/c1-9-5-4-6-14-11(9)10(2)15-12(16)13(3)7-17-8-13/h4-6,10H,7-8H2,1-3H3,(H,15,16)/t10-/m0/s1. The number of carbonyl (C=O) groups excluding carboxylic acids is 1. The Kier molecular flexibility index (Phi) is 3.15. The van der Waals surface area contributed by atoms with E-state index in [1.54, 1.807) is 6.20 Å². The fraction of sp³-hybridized carbons (Fsp3) is 0.538. The first-order valence-corrected chi connectivity index (χ1v) is 5.83. The van der Waals surface area contributed by atoms with Crippen LogP contribution in [0.3, 0.4) is 0 Å². The molecule has 4 nitrogen and oxygen atoms in total. The largest absolute Gasteiger partial charge is 0.379 e. The van der Waals surface area contributed by atoms with E-state index in [1.807, 2.05) is 32.9 Å². The van der Waals surface area contributed by atoms with Crippen LogP contribution in [-0.4, -0.2) is 24.1 Å². The number of pyridine rings is 1. The van der Waals surface area contributed by atoms with Crippen LogP contribution < -0.4 is 5.32 Å². The van der Waals surface area contributed by atoms with Crippen LogP contribution in [0.2, 0.25) is 0 Å². The highest BCUT2D eigenvalue weighted by atomic mass is 16.5. The monoisotopic (exact) mass is 234 g/mol. The van der Waals surface area contributed by atoms with E-state index in [1.165, 1.54) is 0 Å². The van der Waals surface area contributed by atoms with Crippen molar-refractivity contribution in [3.8, 4) is 0 Å². The number of carbonyl (C=O) groups is 1. The first-order valence-electron chi connectivity index (χ1n) is 5.83. The van der Waals surface area contributed by atoms with Gasteiger partial charge in [0.2, 0.25) is 5.91 Å². The van der Waals surface area contributed by atoms with Crippen LogP contribution in [0, 0.1) is 12.3 Å². The second-order valence-corrected chi connectivity index (χ2v) is 4.95. The number of nitrogens with one attached hydrogen (secondary N) is 1. The molecule has 1 aromatic rings. The third kappa shape index (κ3) is 2.31. The molecule has 2 heterocycles. The molecule has 1 atom stereocenters. The molecule has 0 spiro atoms. The van der Waals surface area contributed by atoms with Crippen molar-refractivity contribution in [2.24, 2.45) is 5.41 Å². The van der Waals surface area contributed by atoms with Crippen molar-refractivity contribution in [2.45, 2.75) is 26.8 Å². The number of aryl methyl sites for hydroxylation is 1. The molecule has 1 aromatic heterocycles. The third-order valence-electron chi connectivity index (χ3n) is 3.20. The molecule has 17 heavy (non-hydrogen) atoms. The molecule has 0 unspecified atom stereocenters. The van der Waals surface area contributed by atoms with Crippen molar-refractivity contribution >= 4 is 5.91 Å². The summed E-state index contributed by atoms with van der Waals surface area (Å²) in [6.07, 6.45) is 1.75. The summed E-state index contributed by atoms with van der Waals surface area (Å²) in [4.78, 5) is 16.3. The maximum absolute atomic E-state index is 12.0. The summed E-state index contributed by atoms with van der Waals surface area (Å²) in [7, 11) is 0. The quantitative estimate of drug-likeness (QED) is 0.864. The zero-order chi connectivity index (χ0) is 12.5. The summed E-state index contributed by atoms with van der Waals surface area (Å²) in [6.45, 7) is 6.89. The lowest BCUT2D eigenvalue weighted by atomic mass is 9.87. The van der Waals surface area contributed by atoms with Gasteiger partial charge in [-0.3, -0.25) is 9.78 Å². The number of rotatable bonds is 3. The highest BCUT2D eigenvalue weighted by molar-refractivity contribution is 5.83. The number of hydrogen-bond donors (Lipinski definition) is 1. The van der Waals surface area contributed by atoms with E-state index in [-0.39, 0.29) is 17.4 Å². The van der Waals surface area contributed by atoms with Gasteiger partial charge in [-0.1, -0.05) is 6.07 Å². The Bertz CT molecular complexity index is 427. The van der Waals surface area contributed by atoms with Crippen LogP contribution in [0.1, 0.15) is 31.1 Å². The van der Waals surface area contributed by atoms with Gasteiger partial charge in [-0.25, -0.2) is 0 Å². The lowest BCUT2D eigenvalue weighted by Gasteiger charge is -2.37. The van der Waals surface area contributed by atoms with E-state index in [2.05, 4.69) is 10.3 Å². The Morgan fingerprint density at radius 3 is 2.82 bits per heavy atom. The smallest absolute Gasteiger partial charge is 0.231 e. The molecule has 1 saturated heterocycles. The molecule has 1 fully saturated rings. The van der Waals surface area contributed by atoms with Gasteiger partial charge in [0.1, 0.15) is 0 Å². The van der Waals surface area contributed by atoms with Gasteiger partial charge >= 0.3 is 0 Å². The fourth-order valence-electron chi connectivity index (χ4n) is 1.93. The molecule has 0 radical (unpaired) electrons. The summed E-state index contributed by atoms with van der Waals surface area (Å²) in [5.74, 6) is 0.0429. The van der Waals surface area contributed by atoms with Gasteiger partial charge in [0.05, 0.1) is 30.4 Å². The van der Waals surface area contributed by atoms with Crippen molar-refractivity contribution in [3.63, 3.8) is 0 Å². The molecule has 92 valence electrons. The minimum absolute atomic E-state index is 0.0429. The number of nitrogens with zero attached hydrogens (tertiary/aromatic N) is 1. The van der Waals surface area contributed by atoms with E-state index in [9.17, 15) is 4.79 Å². The molecule has 1 aliphatic heterocycles. The Balaban J connectivity index is 2.04. The molecule has 1 aliphatic rings. The molecule has 4 heteroatoms. The van der Waals surface area contributed by atoms with E-state index < -0.39 is 0 Å². The predicted octanol–water partition coefficient (Wildman–Crippen LogP) is 1.60. The number of hydrogen-bond acceptors (Lipinski definition) is 3. The van der Waals surface area contributed by atoms with Crippen molar-refractivity contribution in [2.75, 3.05) is 13.2 Å². The molecular formula is C13H18N2O2. The second-order valence-electron chi connectivity index (χ2n) is 4.95. The maximum Gasteiger partial charge on any atom is 0.231 e. The van der Waals surface area contributed by atoms with Gasteiger partial charge in [-0.05, 0) is 32.4 Å². The van der Waals surface area contributed by atoms with Crippen LogP contribution in [0.4, 0.5) is 0 Å². The highest BCUT2D eigenvalue weighted by Gasteiger charge is 2.41. The first kappa shape index (κ1) is 12.0. The van der Waals surface area contributed by atoms with Gasteiger partial charge in [-0.2, -0.15) is 0 Å². The molecule has 1 amide bonds. The van der Waals surface area contributed by atoms with Gasteiger partial charge in [-0.15, -0.1) is 0 Å². The van der Waals surface area contributed by atoms with Crippen LogP contribution >= 0.6 is 0 Å². The topological polar surface area (TPSA) is 51.2 Å². The number of aromatic nitrogens is 1. The van der Waals surface area contributed by atoms with Gasteiger partial charge in [0, 0.05) is 6.20 Å². The van der Waals surface area contributed by atoms with Gasteiger partial charge in [0.25, 0.3) is 0 Å². The molecule has 1 N–H and O–H groups in total.